The average Bonchev–Trinajstić information content (AvgIpc) is 3.46. The SMILES string of the molecule is Nc1n[nH]c2ccc(-c3ccnc4[nH]c(-c5cc(F)cc(OCC6CCOCC6)c5)cc34)cc12. The minimum Gasteiger partial charge on any atom is -0.493 e. The van der Waals surface area contributed by atoms with Gasteiger partial charge in [-0.15, -0.1) is 0 Å². The van der Waals surface area contributed by atoms with E-state index in [0.29, 0.717) is 29.7 Å². The van der Waals surface area contributed by atoms with Gasteiger partial charge in [-0.25, -0.2) is 9.37 Å². The Bertz CT molecular complexity index is 1490. The molecular formula is C26H24FN5O2. The van der Waals surface area contributed by atoms with Crippen LogP contribution in [-0.4, -0.2) is 40.0 Å². The van der Waals surface area contributed by atoms with E-state index in [1.807, 2.05) is 36.4 Å². The molecule has 4 N–H and O–H groups in total. The lowest BCUT2D eigenvalue weighted by Crippen LogP contribution is -2.21. The molecule has 3 aromatic heterocycles. The number of pyridine rings is 1. The molecule has 0 radical (unpaired) electrons. The number of nitrogen functional groups attached to an aromatic ring is 1. The molecule has 7 nitrogen and oxygen atoms in total. The second-order valence-corrected chi connectivity index (χ2v) is 8.72. The Hall–Kier alpha value is -3.91. The number of halogens is 1. The Kier molecular flexibility index (Phi) is 5.15. The van der Waals surface area contributed by atoms with Gasteiger partial charge in [0.05, 0.1) is 12.1 Å². The molecule has 0 amide bonds. The molecule has 34 heavy (non-hydrogen) atoms. The van der Waals surface area contributed by atoms with Crippen molar-refractivity contribution in [2.45, 2.75) is 12.8 Å². The van der Waals surface area contributed by atoms with Crippen LogP contribution in [0.25, 0.3) is 44.3 Å². The van der Waals surface area contributed by atoms with Gasteiger partial charge in [0.2, 0.25) is 0 Å². The minimum absolute atomic E-state index is 0.341. The molecule has 1 aliphatic heterocycles. The fraction of sp³-hybridized carbons (Fsp3) is 0.231. The summed E-state index contributed by atoms with van der Waals surface area (Å²) < 4.78 is 25.8. The smallest absolute Gasteiger partial charge is 0.153 e. The normalized spacial score (nSPS) is 14.7. The van der Waals surface area contributed by atoms with E-state index in [1.54, 1.807) is 6.20 Å². The fourth-order valence-corrected chi connectivity index (χ4v) is 4.56. The quantitative estimate of drug-likeness (QED) is 0.332. The molecule has 0 saturated carbocycles. The highest BCUT2D eigenvalue weighted by Gasteiger charge is 2.16. The molecular weight excluding hydrogens is 433 g/mol. The van der Waals surface area contributed by atoms with E-state index < -0.39 is 0 Å². The van der Waals surface area contributed by atoms with Crippen molar-refractivity contribution in [1.29, 1.82) is 0 Å². The highest BCUT2D eigenvalue weighted by atomic mass is 19.1. The first-order valence-corrected chi connectivity index (χ1v) is 11.4. The first-order valence-electron chi connectivity index (χ1n) is 11.4. The van der Waals surface area contributed by atoms with Crippen molar-refractivity contribution < 1.29 is 13.9 Å². The number of fused-ring (bicyclic) bond motifs is 2. The maximum absolute atomic E-state index is 14.5. The van der Waals surface area contributed by atoms with Gasteiger partial charge >= 0.3 is 0 Å². The van der Waals surface area contributed by atoms with E-state index in [2.05, 4.69) is 20.2 Å². The third-order valence-electron chi connectivity index (χ3n) is 6.44. The number of benzene rings is 2. The number of anilines is 1. The molecule has 0 bridgehead atoms. The molecule has 8 heteroatoms. The van der Waals surface area contributed by atoms with Crippen LogP contribution in [0, 0.1) is 11.7 Å². The number of aromatic nitrogens is 4. The first-order chi connectivity index (χ1) is 16.6. The number of nitrogens with one attached hydrogen (secondary N) is 2. The molecule has 4 heterocycles. The van der Waals surface area contributed by atoms with Crippen LogP contribution >= 0.6 is 0 Å². The number of hydrogen-bond acceptors (Lipinski definition) is 5. The van der Waals surface area contributed by atoms with Gasteiger partial charge in [-0.3, -0.25) is 5.10 Å². The van der Waals surface area contributed by atoms with Gasteiger partial charge in [0.1, 0.15) is 17.2 Å². The highest BCUT2D eigenvalue weighted by Crippen LogP contribution is 2.34. The zero-order valence-corrected chi connectivity index (χ0v) is 18.5. The van der Waals surface area contributed by atoms with Gasteiger partial charge in [0.15, 0.2) is 5.82 Å². The summed E-state index contributed by atoms with van der Waals surface area (Å²) in [7, 11) is 0. The molecule has 2 aromatic carbocycles. The van der Waals surface area contributed by atoms with Crippen molar-refractivity contribution in [3.8, 4) is 28.1 Å². The van der Waals surface area contributed by atoms with Gasteiger partial charge < -0.3 is 20.2 Å². The first kappa shape index (κ1) is 20.7. The summed E-state index contributed by atoms with van der Waals surface area (Å²) >= 11 is 0. The second-order valence-electron chi connectivity index (χ2n) is 8.72. The van der Waals surface area contributed by atoms with Crippen molar-refractivity contribution in [2.75, 3.05) is 25.6 Å². The van der Waals surface area contributed by atoms with Crippen molar-refractivity contribution in [3.63, 3.8) is 0 Å². The van der Waals surface area contributed by atoms with E-state index in [4.69, 9.17) is 15.2 Å². The summed E-state index contributed by atoms with van der Waals surface area (Å²) in [6, 6.07) is 14.8. The van der Waals surface area contributed by atoms with Crippen LogP contribution in [0.15, 0.2) is 54.7 Å². The van der Waals surface area contributed by atoms with E-state index in [-0.39, 0.29) is 5.82 Å². The Balaban J connectivity index is 1.34. The molecule has 5 aromatic rings. The Morgan fingerprint density at radius 1 is 1.03 bits per heavy atom. The van der Waals surface area contributed by atoms with Crippen LogP contribution in [0.5, 0.6) is 5.75 Å². The molecule has 6 rings (SSSR count). The molecule has 1 saturated heterocycles. The number of aromatic amines is 2. The van der Waals surface area contributed by atoms with Gasteiger partial charge in [0.25, 0.3) is 0 Å². The largest absolute Gasteiger partial charge is 0.493 e. The summed E-state index contributed by atoms with van der Waals surface area (Å²) in [6.07, 6.45) is 3.69. The monoisotopic (exact) mass is 457 g/mol. The molecule has 0 spiro atoms. The Morgan fingerprint density at radius 2 is 1.91 bits per heavy atom. The number of ether oxygens (including phenoxy) is 2. The van der Waals surface area contributed by atoms with Gasteiger partial charge in [-0.2, -0.15) is 5.10 Å². The molecule has 0 aliphatic carbocycles. The van der Waals surface area contributed by atoms with Gasteiger partial charge in [-0.1, -0.05) is 6.07 Å². The van der Waals surface area contributed by atoms with Gasteiger partial charge in [-0.05, 0) is 66.3 Å². The molecule has 1 fully saturated rings. The predicted molar refractivity (Wildman–Crippen MR) is 130 cm³/mol. The third-order valence-corrected chi connectivity index (χ3v) is 6.44. The van der Waals surface area contributed by atoms with Crippen LogP contribution in [0.3, 0.4) is 0 Å². The van der Waals surface area contributed by atoms with Crippen LogP contribution in [0.1, 0.15) is 12.8 Å². The summed E-state index contributed by atoms with van der Waals surface area (Å²) in [5.74, 6) is 1.08. The topological polar surface area (TPSA) is 102 Å². The van der Waals surface area contributed by atoms with E-state index in [0.717, 1.165) is 64.8 Å². The number of H-pyrrole nitrogens is 2. The van der Waals surface area contributed by atoms with Crippen LogP contribution in [0.4, 0.5) is 10.2 Å². The lowest BCUT2D eigenvalue weighted by molar-refractivity contribution is 0.0497. The lowest BCUT2D eigenvalue weighted by Gasteiger charge is -2.22. The standard InChI is InChI=1S/C26H24FN5O2/c27-18-9-17(10-19(12-18)34-14-15-4-7-33-8-5-15)24-13-21-20(3-6-29-26(21)30-24)16-1-2-23-22(11-16)25(28)32-31-23/h1-3,6,9-13,15H,4-5,7-8,14H2,(H,29,30)(H3,28,31,32). The zero-order valence-electron chi connectivity index (χ0n) is 18.5. The van der Waals surface area contributed by atoms with Crippen LogP contribution < -0.4 is 10.5 Å². The zero-order chi connectivity index (χ0) is 23.1. The molecule has 0 unspecified atom stereocenters. The Morgan fingerprint density at radius 3 is 2.79 bits per heavy atom. The summed E-state index contributed by atoms with van der Waals surface area (Å²) in [5.41, 5.74) is 11.1. The number of hydrogen-bond donors (Lipinski definition) is 3. The summed E-state index contributed by atoms with van der Waals surface area (Å²) in [5, 5.41) is 8.81. The maximum atomic E-state index is 14.5. The van der Waals surface area contributed by atoms with E-state index >= 15 is 0 Å². The summed E-state index contributed by atoms with van der Waals surface area (Å²) in [4.78, 5) is 7.82. The maximum Gasteiger partial charge on any atom is 0.153 e. The lowest BCUT2D eigenvalue weighted by atomic mass is 10.0. The van der Waals surface area contributed by atoms with E-state index in [1.165, 1.54) is 12.1 Å². The van der Waals surface area contributed by atoms with Gasteiger partial charge in [0, 0.05) is 47.5 Å². The highest BCUT2D eigenvalue weighted by molar-refractivity contribution is 5.99. The van der Waals surface area contributed by atoms with Crippen LogP contribution in [-0.2, 0) is 4.74 Å². The summed E-state index contributed by atoms with van der Waals surface area (Å²) in [6.45, 7) is 2.07. The van der Waals surface area contributed by atoms with Crippen molar-refractivity contribution in [1.82, 2.24) is 20.2 Å². The fourth-order valence-electron chi connectivity index (χ4n) is 4.56. The van der Waals surface area contributed by atoms with Crippen molar-refractivity contribution in [3.05, 3.63) is 60.5 Å². The average molecular weight is 458 g/mol. The number of nitrogens with zero attached hydrogens (tertiary/aromatic N) is 2. The van der Waals surface area contributed by atoms with Crippen molar-refractivity contribution in [2.24, 2.45) is 5.92 Å². The molecule has 172 valence electrons. The molecule has 1 aliphatic rings. The number of nitrogens with two attached hydrogens (primary N) is 1. The van der Waals surface area contributed by atoms with Crippen molar-refractivity contribution >= 4 is 27.8 Å². The number of rotatable bonds is 5. The van der Waals surface area contributed by atoms with E-state index in [9.17, 15) is 4.39 Å². The van der Waals surface area contributed by atoms with Crippen LogP contribution in [0.2, 0.25) is 0 Å². The minimum atomic E-state index is -0.341. The Labute approximate surface area is 195 Å². The predicted octanol–water partition coefficient (Wildman–Crippen LogP) is 5.30. The third kappa shape index (κ3) is 3.86. The second kappa shape index (κ2) is 8.46. The molecule has 0 atom stereocenters.